The molecular weight excluding hydrogens is 504 g/mol. The molecule has 7 nitrogen and oxygen atoms in total. The summed E-state index contributed by atoms with van der Waals surface area (Å²) in [5.74, 6) is -1.95. The van der Waals surface area contributed by atoms with Crippen LogP contribution in [0.4, 0.5) is 11.4 Å². The first-order valence-corrected chi connectivity index (χ1v) is 13.0. The van der Waals surface area contributed by atoms with Crippen LogP contribution in [0, 0.1) is 18.8 Å². The van der Waals surface area contributed by atoms with Crippen LogP contribution in [0.3, 0.4) is 0 Å². The molecule has 1 aliphatic carbocycles. The maximum atomic E-state index is 13.3. The van der Waals surface area contributed by atoms with Crippen molar-refractivity contribution in [2.45, 2.75) is 32.1 Å². The Balaban J connectivity index is 1.20. The van der Waals surface area contributed by atoms with Crippen molar-refractivity contribution in [1.29, 1.82) is 0 Å². The molecule has 5 rings (SSSR count). The van der Waals surface area contributed by atoms with E-state index in [0.29, 0.717) is 34.8 Å². The van der Waals surface area contributed by atoms with Gasteiger partial charge in [0.2, 0.25) is 11.8 Å². The number of halogens is 1. The fraction of sp³-hybridized carbons (Fsp3) is 0.267. The van der Waals surface area contributed by atoms with E-state index in [2.05, 4.69) is 17.4 Å². The van der Waals surface area contributed by atoms with E-state index in [0.717, 1.165) is 6.42 Å². The highest BCUT2D eigenvalue weighted by Gasteiger charge is 2.50. The number of rotatable bonds is 6. The predicted octanol–water partition coefficient (Wildman–Crippen LogP) is 5.52. The second-order valence-corrected chi connectivity index (χ2v) is 10.1. The number of amides is 3. The molecule has 3 aromatic carbocycles. The number of hydrogen-bond acceptors (Lipinski definition) is 5. The molecule has 3 atom stereocenters. The molecule has 0 spiro atoms. The van der Waals surface area contributed by atoms with E-state index in [9.17, 15) is 19.2 Å². The number of anilines is 2. The van der Waals surface area contributed by atoms with E-state index in [-0.39, 0.29) is 35.1 Å². The average Bonchev–Trinajstić information content (AvgIpc) is 3.19. The number of carbonyl (C=O) groups is 4. The Morgan fingerprint density at radius 3 is 2.37 bits per heavy atom. The van der Waals surface area contributed by atoms with Crippen LogP contribution in [0.15, 0.2) is 72.8 Å². The van der Waals surface area contributed by atoms with Crippen LogP contribution in [-0.4, -0.2) is 30.3 Å². The van der Waals surface area contributed by atoms with E-state index >= 15 is 0 Å². The standard InChI is InChI=1S/C30H27ClN2O5/c1-18-25(31)8-5-9-26(18)32-27(34)17-38-30(37)20-10-13-22(14-11-20)33-28(35)23-15-12-21(16-24(23)29(33)36)19-6-3-2-4-7-19/h2-11,13-14,21,23-24H,12,15-17H2,1H3,(H,32,34)/t21-,23-,24+/m1/s1. The van der Waals surface area contributed by atoms with Crippen molar-refractivity contribution in [3.63, 3.8) is 0 Å². The van der Waals surface area contributed by atoms with Gasteiger partial charge in [0.25, 0.3) is 5.91 Å². The van der Waals surface area contributed by atoms with Crippen molar-refractivity contribution < 1.29 is 23.9 Å². The molecule has 8 heteroatoms. The Kier molecular flexibility index (Phi) is 7.29. The fourth-order valence-electron chi connectivity index (χ4n) is 5.35. The highest BCUT2D eigenvalue weighted by molar-refractivity contribution is 6.31. The number of carbonyl (C=O) groups excluding carboxylic acids is 4. The fourth-order valence-corrected chi connectivity index (χ4v) is 5.53. The van der Waals surface area contributed by atoms with E-state index < -0.39 is 18.5 Å². The number of nitrogens with one attached hydrogen (secondary N) is 1. The molecule has 1 aliphatic heterocycles. The van der Waals surface area contributed by atoms with Crippen molar-refractivity contribution in [3.8, 4) is 0 Å². The van der Waals surface area contributed by atoms with Crippen molar-refractivity contribution in [3.05, 3.63) is 94.5 Å². The van der Waals surface area contributed by atoms with Gasteiger partial charge in [-0.2, -0.15) is 0 Å². The van der Waals surface area contributed by atoms with Gasteiger partial charge in [0.05, 0.1) is 23.1 Å². The minimum Gasteiger partial charge on any atom is -0.452 e. The molecule has 0 aromatic heterocycles. The second kappa shape index (κ2) is 10.8. The second-order valence-electron chi connectivity index (χ2n) is 9.73. The highest BCUT2D eigenvalue weighted by atomic mass is 35.5. The molecule has 3 amide bonds. The summed E-state index contributed by atoms with van der Waals surface area (Å²) in [6.07, 6.45) is 2.19. The van der Waals surface area contributed by atoms with Gasteiger partial charge in [-0.25, -0.2) is 4.79 Å². The molecule has 3 aromatic rings. The molecule has 1 heterocycles. The number of fused-ring (bicyclic) bond motifs is 1. The van der Waals surface area contributed by atoms with Gasteiger partial charge >= 0.3 is 5.97 Å². The summed E-state index contributed by atoms with van der Waals surface area (Å²) in [6.45, 7) is 1.31. The third kappa shape index (κ3) is 5.07. The van der Waals surface area contributed by atoms with Gasteiger partial charge in [0.1, 0.15) is 0 Å². The van der Waals surface area contributed by atoms with Crippen molar-refractivity contribution in [2.24, 2.45) is 11.8 Å². The summed E-state index contributed by atoms with van der Waals surface area (Å²) in [5.41, 5.74) is 3.09. The topological polar surface area (TPSA) is 92.8 Å². The number of benzene rings is 3. The molecule has 1 N–H and O–H groups in total. The minimum absolute atomic E-state index is 0.185. The quantitative estimate of drug-likeness (QED) is 0.335. The first-order chi connectivity index (χ1) is 18.3. The molecule has 38 heavy (non-hydrogen) atoms. The Labute approximate surface area is 225 Å². The smallest absolute Gasteiger partial charge is 0.338 e. The Morgan fingerprint density at radius 2 is 1.63 bits per heavy atom. The van der Waals surface area contributed by atoms with Crippen LogP contribution in [0.25, 0.3) is 0 Å². The number of nitrogens with zero attached hydrogens (tertiary/aromatic N) is 1. The van der Waals surface area contributed by atoms with E-state index in [1.165, 1.54) is 22.6 Å². The third-order valence-corrected chi connectivity index (χ3v) is 7.84. The Bertz CT molecular complexity index is 1390. The van der Waals surface area contributed by atoms with Gasteiger partial charge in [0.15, 0.2) is 6.61 Å². The van der Waals surface area contributed by atoms with Crippen molar-refractivity contribution in [2.75, 3.05) is 16.8 Å². The van der Waals surface area contributed by atoms with Crippen LogP contribution in [-0.2, 0) is 19.1 Å². The van der Waals surface area contributed by atoms with Crippen LogP contribution in [0.1, 0.15) is 46.7 Å². The Morgan fingerprint density at radius 1 is 0.921 bits per heavy atom. The summed E-state index contributed by atoms with van der Waals surface area (Å²) in [4.78, 5) is 52.4. The normalized spacial score (nSPS) is 20.7. The molecule has 194 valence electrons. The zero-order chi connectivity index (χ0) is 26.8. The van der Waals surface area contributed by atoms with Gasteiger partial charge in [-0.15, -0.1) is 0 Å². The number of ether oxygens (including phenoxy) is 1. The first kappa shape index (κ1) is 25.7. The molecule has 1 saturated heterocycles. The molecular formula is C30H27ClN2O5. The lowest BCUT2D eigenvalue weighted by Crippen LogP contribution is -2.30. The lowest BCUT2D eigenvalue weighted by atomic mass is 9.73. The van der Waals surface area contributed by atoms with Crippen molar-refractivity contribution >= 4 is 46.7 Å². The van der Waals surface area contributed by atoms with E-state index in [4.69, 9.17) is 16.3 Å². The van der Waals surface area contributed by atoms with Gasteiger partial charge in [-0.3, -0.25) is 19.3 Å². The number of imide groups is 1. The van der Waals surface area contributed by atoms with Crippen LogP contribution < -0.4 is 10.2 Å². The zero-order valence-electron chi connectivity index (χ0n) is 20.9. The largest absolute Gasteiger partial charge is 0.452 e. The first-order valence-electron chi connectivity index (χ1n) is 12.6. The summed E-state index contributed by atoms with van der Waals surface area (Å²) in [7, 11) is 0. The van der Waals surface area contributed by atoms with Gasteiger partial charge in [-0.1, -0.05) is 48.0 Å². The highest BCUT2D eigenvalue weighted by Crippen LogP contribution is 2.45. The molecule has 0 unspecified atom stereocenters. The van der Waals surface area contributed by atoms with Crippen LogP contribution in [0.2, 0.25) is 5.02 Å². The lowest BCUT2D eigenvalue weighted by molar-refractivity contribution is -0.122. The average molecular weight is 531 g/mol. The SMILES string of the molecule is Cc1c(Cl)cccc1NC(=O)COC(=O)c1ccc(N2C(=O)[C@H]3C[C@H](c4ccccc4)CC[C@H]3C2=O)cc1. The molecule has 2 fully saturated rings. The summed E-state index contributed by atoms with van der Waals surface area (Å²) in [5, 5.41) is 3.19. The van der Waals surface area contributed by atoms with E-state index in [1.807, 2.05) is 18.2 Å². The van der Waals surface area contributed by atoms with Crippen LogP contribution in [0.5, 0.6) is 0 Å². The molecule has 0 radical (unpaired) electrons. The van der Waals surface area contributed by atoms with Crippen molar-refractivity contribution in [1.82, 2.24) is 0 Å². The zero-order valence-corrected chi connectivity index (χ0v) is 21.6. The van der Waals surface area contributed by atoms with Crippen LogP contribution >= 0.6 is 11.6 Å². The monoisotopic (exact) mass is 530 g/mol. The van der Waals surface area contributed by atoms with Gasteiger partial charge in [0, 0.05) is 10.7 Å². The molecule has 1 saturated carbocycles. The number of esters is 1. The third-order valence-electron chi connectivity index (χ3n) is 7.43. The number of hydrogen-bond donors (Lipinski definition) is 1. The minimum atomic E-state index is -0.687. The summed E-state index contributed by atoms with van der Waals surface area (Å²) >= 11 is 6.07. The van der Waals surface area contributed by atoms with Gasteiger partial charge in [-0.05, 0) is 79.6 Å². The molecule has 2 aliphatic rings. The maximum Gasteiger partial charge on any atom is 0.338 e. The van der Waals surface area contributed by atoms with Gasteiger partial charge < -0.3 is 10.1 Å². The Hall–Kier alpha value is -3.97. The molecule has 0 bridgehead atoms. The predicted molar refractivity (Wildman–Crippen MR) is 144 cm³/mol. The lowest BCUT2D eigenvalue weighted by Gasteiger charge is -2.28. The summed E-state index contributed by atoms with van der Waals surface area (Å²) < 4.78 is 5.14. The maximum absolute atomic E-state index is 13.3. The van der Waals surface area contributed by atoms with E-state index in [1.54, 1.807) is 37.3 Å². The summed E-state index contributed by atoms with van der Waals surface area (Å²) in [6, 6.07) is 21.4.